The molecule has 0 bridgehead atoms. The average Bonchev–Trinajstić information content (AvgIpc) is 2.70. The van der Waals surface area contributed by atoms with E-state index < -0.39 is 5.97 Å². The number of carboxylic acid groups (broad SMARTS) is 1. The van der Waals surface area contributed by atoms with Gasteiger partial charge in [-0.2, -0.15) is 0 Å². The molecule has 1 heterocycles. The van der Waals surface area contributed by atoms with Gasteiger partial charge in [0.1, 0.15) is 0 Å². The van der Waals surface area contributed by atoms with Gasteiger partial charge in [-0.05, 0) is 43.4 Å². The number of aromatic carboxylic acids is 1. The molecular weight excluding hydrogens is 266 g/mol. The first-order valence-corrected chi connectivity index (χ1v) is 7.98. The van der Waals surface area contributed by atoms with Gasteiger partial charge in [-0.25, -0.2) is 4.79 Å². The summed E-state index contributed by atoms with van der Waals surface area (Å²) in [6.45, 7) is 0.914. The van der Waals surface area contributed by atoms with Crippen molar-refractivity contribution in [1.82, 2.24) is 0 Å². The fourth-order valence-corrected chi connectivity index (χ4v) is 3.83. The van der Waals surface area contributed by atoms with E-state index in [0.717, 1.165) is 56.3 Å². The number of carboxylic acids is 1. The van der Waals surface area contributed by atoms with E-state index in [2.05, 4.69) is 4.90 Å². The van der Waals surface area contributed by atoms with Crippen LogP contribution in [0.4, 0.5) is 5.69 Å². The molecule has 1 aromatic rings. The Morgan fingerprint density at radius 1 is 1.14 bits per heavy atom. The predicted octanol–water partition coefficient (Wildman–Crippen LogP) is 2.83. The smallest absolute Gasteiger partial charge is 0.336 e. The van der Waals surface area contributed by atoms with Crippen molar-refractivity contribution in [3.63, 3.8) is 0 Å². The van der Waals surface area contributed by atoms with Crippen LogP contribution in [0.25, 0.3) is 0 Å². The fourth-order valence-electron chi connectivity index (χ4n) is 3.83. The minimum absolute atomic E-state index is 0.135. The van der Waals surface area contributed by atoms with E-state index in [-0.39, 0.29) is 12.1 Å². The number of aliphatic hydroxyl groups excluding tert-OH is 1. The molecule has 2 aliphatic rings. The Balaban J connectivity index is 1.96. The summed E-state index contributed by atoms with van der Waals surface area (Å²) in [7, 11) is 0. The molecule has 1 fully saturated rings. The van der Waals surface area contributed by atoms with Crippen LogP contribution in [0, 0.1) is 0 Å². The van der Waals surface area contributed by atoms with Crippen LogP contribution < -0.4 is 4.90 Å². The minimum atomic E-state index is -0.852. The maximum atomic E-state index is 11.4. The van der Waals surface area contributed by atoms with E-state index in [1.165, 1.54) is 6.42 Å². The Morgan fingerprint density at radius 3 is 2.76 bits per heavy atom. The quantitative estimate of drug-likeness (QED) is 0.822. The minimum Gasteiger partial charge on any atom is -0.478 e. The SMILES string of the molecule is O=C(O)c1cccc2c1CCCN2C1CCCCCC1O. The van der Waals surface area contributed by atoms with Crippen molar-refractivity contribution in [2.45, 2.75) is 57.1 Å². The first kappa shape index (κ1) is 14.4. The summed E-state index contributed by atoms with van der Waals surface area (Å²) >= 11 is 0. The van der Waals surface area contributed by atoms with Gasteiger partial charge >= 0.3 is 5.97 Å². The lowest BCUT2D eigenvalue weighted by atomic mass is 9.93. The Kier molecular flexibility index (Phi) is 4.15. The van der Waals surface area contributed by atoms with Crippen molar-refractivity contribution in [2.24, 2.45) is 0 Å². The Morgan fingerprint density at radius 2 is 1.95 bits per heavy atom. The third-order valence-electron chi connectivity index (χ3n) is 4.86. The molecular formula is C17H23NO3. The molecule has 2 N–H and O–H groups in total. The van der Waals surface area contributed by atoms with E-state index in [1.54, 1.807) is 6.07 Å². The fraction of sp³-hybridized carbons (Fsp3) is 0.588. The number of fused-ring (bicyclic) bond motifs is 1. The molecule has 2 atom stereocenters. The second kappa shape index (κ2) is 6.06. The topological polar surface area (TPSA) is 60.8 Å². The summed E-state index contributed by atoms with van der Waals surface area (Å²) < 4.78 is 0. The Bertz CT molecular complexity index is 529. The summed E-state index contributed by atoms with van der Waals surface area (Å²) in [5, 5.41) is 19.8. The first-order valence-electron chi connectivity index (χ1n) is 7.98. The average molecular weight is 289 g/mol. The van der Waals surface area contributed by atoms with Crippen molar-refractivity contribution >= 4 is 11.7 Å². The van der Waals surface area contributed by atoms with Crippen molar-refractivity contribution in [2.75, 3.05) is 11.4 Å². The van der Waals surface area contributed by atoms with Gasteiger partial charge in [-0.15, -0.1) is 0 Å². The molecule has 0 spiro atoms. The third kappa shape index (κ3) is 2.77. The molecule has 4 nitrogen and oxygen atoms in total. The summed E-state index contributed by atoms with van der Waals surface area (Å²) in [5.41, 5.74) is 2.38. The van der Waals surface area contributed by atoms with Gasteiger partial charge in [0.25, 0.3) is 0 Å². The van der Waals surface area contributed by atoms with Crippen molar-refractivity contribution in [3.8, 4) is 0 Å². The van der Waals surface area contributed by atoms with E-state index in [9.17, 15) is 15.0 Å². The molecule has 0 radical (unpaired) electrons. The van der Waals surface area contributed by atoms with Gasteiger partial charge < -0.3 is 15.1 Å². The number of benzene rings is 1. The molecule has 21 heavy (non-hydrogen) atoms. The van der Waals surface area contributed by atoms with Crippen molar-refractivity contribution in [1.29, 1.82) is 0 Å². The largest absolute Gasteiger partial charge is 0.478 e. The third-order valence-corrected chi connectivity index (χ3v) is 4.86. The van der Waals surface area contributed by atoms with Gasteiger partial charge in [0, 0.05) is 12.2 Å². The summed E-state index contributed by atoms with van der Waals surface area (Å²) in [6.07, 6.45) is 6.75. The molecule has 2 unspecified atom stereocenters. The number of carbonyl (C=O) groups is 1. The lowest BCUT2D eigenvalue weighted by Crippen LogP contribution is -2.46. The molecule has 1 aromatic carbocycles. The van der Waals surface area contributed by atoms with Gasteiger partial charge in [-0.1, -0.05) is 25.3 Å². The molecule has 4 heteroatoms. The number of aliphatic hydroxyl groups is 1. The van der Waals surface area contributed by atoms with Gasteiger partial charge in [0.2, 0.25) is 0 Å². The monoisotopic (exact) mass is 289 g/mol. The van der Waals surface area contributed by atoms with Crippen LogP contribution in [0.1, 0.15) is 54.4 Å². The number of hydrogen-bond acceptors (Lipinski definition) is 3. The molecule has 0 amide bonds. The molecule has 3 rings (SSSR count). The van der Waals surface area contributed by atoms with E-state index in [1.807, 2.05) is 12.1 Å². The number of hydrogen-bond donors (Lipinski definition) is 2. The highest BCUT2D eigenvalue weighted by Crippen LogP contribution is 2.34. The Hall–Kier alpha value is -1.55. The lowest BCUT2D eigenvalue weighted by Gasteiger charge is -2.40. The van der Waals surface area contributed by atoms with Crippen LogP contribution in [-0.4, -0.2) is 34.9 Å². The van der Waals surface area contributed by atoms with E-state index in [4.69, 9.17) is 0 Å². The van der Waals surface area contributed by atoms with Crippen LogP contribution in [0.15, 0.2) is 18.2 Å². The van der Waals surface area contributed by atoms with Crippen LogP contribution in [-0.2, 0) is 6.42 Å². The van der Waals surface area contributed by atoms with Gasteiger partial charge in [-0.3, -0.25) is 0 Å². The predicted molar refractivity (Wildman–Crippen MR) is 81.9 cm³/mol. The molecule has 1 aliphatic heterocycles. The van der Waals surface area contributed by atoms with Crippen LogP contribution in [0.2, 0.25) is 0 Å². The maximum Gasteiger partial charge on any atom is 0.336 e. The van der Waals surface area contributed by atoms with Gasteiger partial charge in [0.15, 0.2) is 0 Å². The maximum absolute atomic E-state index is 11.4. The van der Waals surface area contributed by atoms with E-state index >= 15 is 0 Å². The number of nitrogens with zero attached hydrogens (tertiary/aromatic N) is 1. The highest BCUT2D eigenvalue weighted by molar-refractivity contribution is 5.91. The van der Waals surface area contributed by atoms with Crippen molar-refractivity contribution in [3.05, 3.63) is 29.3 Å². The van der Waals surface area contributed by atoms with Crippen LogP contribution in [0.5, 0.6) is 0 Å². The van der Waals surface area contributed by atoms with E-state index in [0.29, 0.717) is 5.56 Å². The standard InChI is InChI=1S/C17H23NO3/c19-16-10-3-1-2-8-15(16)18-11-5-7-12-13(17(20)21)6-4-9-14(12)18/h4,6,9,15-16,19H,1-3,5,7-8,10-11H2,(H,20,21). The molecule has 114 valence electrons. The molecule has 0 aromatic heterocycles. The molecule has 0 saturated heterocycles. The Labute approximate surface area is 125 Å². The highest BCUT2D eigenvalue weighted by atomic mass is 16.4. The normalized spacial score (nSPS) is 26.0. The van der Waals surface area contributed by atoms with Crippen LogP contribution >= 0.6 is 0 Å². The summed E-state index contributed by atoms with van der Waals surface area (Å²) in [5.74, 6) is -0.852. The van der Waals surface area contributed by atoms with Gasteiger partial charge in [0.05, 0.1) is 17.7 Å². The van der Waals surface area contributed by atoms with Crippen LogP contribution in [0.3, 0.4) is 0 Å². The zero-order valence-electron chi connectivity index (χ0n) is 12.3. The number of anilines is 1. The summed E-state index contributed by atoms with van der Waals surface area (Å²) in [6, 6.07) is 5.66. The lowest BCUT2D eigenvalue weighted by molar-refractivity contribution is 0.0695. The summed E-state index contributed by atoms with van der Waals surface area (Å²) in [4.78, 5) is 13.7. The zero-order chi connectivity index (χ0) is 14.8. The first-order chi connectivity index (χ1) is 10.2. The second-order valence-electron chi connectivity index (χ2n) is 6.18. The number of rotatable bonds is 2. The highest BCUT2D eigenvalue weighted by Gasteiger charge is 2.31. The zero-order valence-corrected chi connectivity index (χ0v) is 12.3. The second-order valence-corrected chi connectivity index (χ2v) is 6.18. The molecule has 1 aliphatic carbocycles. The molecule has 1 saturated carbocycles. The van der Waals surface area contributed by atoms with Crippen molar-refractivity contribution < 1.29 is 15.0 Å².